The molecule has 0 atom stereocenters. The first kappa shape index (κ1) is 22.0. The Kier molecular flexibility index (Phi) is 6.05. The molecular formula is C24H17N3O5S. The monoisotopic (exact) mass is 459 g/mol. The van der Waals surface area contributed by atoms with Crippen molar-refractivity contribution >= 4 is 47.1 Å². The first-order chi connectivity index (χ1) is 15.8. The molecule has 0 aliphatic carbocycles. The number of amides is 4. The molecule has 9 heteroatoms. The van der Waals surface area contributed by atoms with Crippen molar-refractivity contribution in [3.8, 4) is 0 Å². The van der Waals surface area contributed by atoms with Crippen LogP contribution in [-0.2, 0) is 9.59 Å². The minimum atomic E-state index is -0.863. The van der Waals surface area contributed by atoms with Gasteiger partial charge in [-0.2, -0.15) is 0 Å². The van der Waals surface area contributed by atoms with Crippen LogP contribution in [0.5, 0.6) is 0 Å². The molecule has 3 aromatic carbocycles. The number of nitrogens with one attached hydrogen (secondary N) is 1. The van der Waals surface area contributed by atoms with Crippen LogP contribution in [0.1, 0.15) is 11.1 Å². The number of rotatable bonds is 5. The number of nitro benzene ring substituents is 1. The molecule has 1 aliphatic rings. The summed E-state index contributed by atoms with van der Waals surface area (Å²) < 4.78 is 0. The fraction of sp³-hybridized carbons (Fsp3) is 0.0417. The number of hydrogen-bond donors (Lipinski definition) is 1. The van der Waals surface area contributed by atoms with E-state index >= 15 is 0 Å². The Morgan fingerprint density at radius 2 is 1.67 bits per heavy atom. The highest BCUT2D eigenvalue weighted by Crippen LogP contribution is 2.36. The molecule has 4 rings (SSSR count). The molecule has 3 aromatic rings. The molecule has 0 aromatic heterocycles. The number of urea groups is 1. The predicted molar refractivity (Wildman–Crippen MR) is 124 cm³/mol. The zero-order chi connectivity index (χ0) is 23.5. The number of carbonyl (C=O) groups is 3. The number of para-hydroxylation sites is 1. The lowest BCUT2D eigenvalue weighted by Gasteiger charge is -2.26. The Morgan fingerprint density at radius 1 is 0.970 bits per heavy atom. The lowest BCUT2D eigenvalue weighted by Crippen LogP contribution is -2.54. The van der Waals surface area contributed by atoms with Gasteiger partial charge in [0, 0.05) is 11.0 Å². The minimum Gasteiger partial charge on any atom is -0.273 e. The summed E-state index contributed by atoms with van der Waals surface area (Å²) >= 11 is 1.24. The van der Waals surface area contributed by atoms with Crippen LogP contribution in [0.4, 0.5) is 16.2 Å². The van der Waals surface area contributed by atoms with Crippen LogP contribution in [0.25, 0.3) is 6.08 Å². The molecule has 33 heavy (non-hydrogen) atoms. The highest BCUT2D eigenvalue weighted by molar-refractivity contribution is 7.99. The Hall–Kier alpha value is -4.24. The smallest absolute Gasteiger partial charge is 0.273 e. The van der Waals surface area contributed by atoms with Crippen molar-refractivity contribution < 1.29 is 19.3 Å². The quantitative estimate of drug-likeness (QED) is 0.256. The lowest BCUT2D eigenvalue weighted by atomic mass is 10.1. The van der Waals surface area contributed by atoms with Gasteiger partial charge in [0.15, 0.2) is 0 Å². The fourth-order valence-electron chi connectivity index (χ4n) is 3.22. The summed E-state index contributed by atoms with van der Waals surface area (Å²) in [4.78, 5) is 50.9. The molecule has 1 saturated heterocycles. The number of nitro groups is 1. The van der Waals surface area contributed by atoms with Gasteiger partial charge in [0.2, 0.25) is 0 Å². The van der Waals surface area contributed by atoms with E-state index in [-0.39, 0.29) is 16.8 Å². The van der Waals surface area contributed by atoms with Gasteiger partial charge in [-0.25, -0.2) is 9.69 Å². The molecule has 0 bridgehead atoms. The topological polar surface area (TPSA) is 110 Å². The van der Waals surface area contributed by atoms with Crippen molar-refractivity contribution in [1.82, 2.24) is 5.32 Å². The van der Waals surface area contributed by atoms with E-state index in [2.05, 4.69) is 5.32 Å². The van der Waals surface area contributed by atoms with Gasteiger partial charge in [0.1, 0.15) is 5.57 Å². The second-order valence-corrected chi connectivity index (χ2v) is 8.31. The molecule has 1 heterocycles. The number of hydrogen-bond acceptors (Lipinski definition) is 6. The van der Waals surface area contributed by atoms with E-state index in [0.29, 0.717) is 10.6 Å². The summed E-state index contributed by atoms with van der Waals surface area (Å²) in [6.45, 7) is 1.95. The Bertz CT molecular complexity index is 1300. The summed E-state index contributed by atoms with van der Waals surface area (Å²) in [5.41, 5.74) is 1.21. The van der Waals surface area contributed by atoms with E-state index in [1.165, 1.54) is 23.9 Å². The molecule has 4 amide bonds. The molecule has 1 N–H and O–H groups in total. The van der Waals surface area contributed by atoms with Crippen LogP contribution in [0.15, 0.2) is 88.2 Å². The largest absolute Gasteiger partial charge is 0.335 e. The highest BCUT2D eigenvalue weighted by Gasteiger charge is 2.36. The predicted octanol–water partition coefficient (Wildman–Crippen LogP) is 4.72. The summed E-state index contributed by atoms with van der Waals surface area (Å²) in [5.74, 6) is -1.67. The summed E-state index contributed by atoms with van der Waals surface area (Å²) in [7, 11) is 0. The van der Waals surface area contributed by atoms with E-state index in [9.17, 15) is 24.5 Å². The molecule has 0 unspecified atom stereocenters. The normalized spacial score (nSPS) is 15.0. The van der Waals surface area contributed by atoms with Gasteiger partial charge >= 0.3 is 6.03 Å². The Morgan fingerprint density at radius 3 is 2.33 bits per heavy atom. The number of carbonyl (C=O) groups excluding carboxylic acids is 3. The number of barbiturate groups is 1. The summed E-state index contributed by atoms with van der Waals surface area (Å²) in [6, 6.07) is 19.3. The van der Waals surface area contributed by atoms with Crippen molar-refractivity contribution in [2.45, 2.75) is 16.7 Å². The second kappa shape index (κ2) is 9.09. The molecule has 0 spiro atoms. The van der Waals surface area contributed by atoms with Crippen LogP contribution < -0.4 is 10.2 Å². The average Bonchev–Trinajstić information content (AvgIpc) is 2.79. The third-order valence-electron chi connectivity index (χ3n) is 4.86. The number of anilines is 1. The number of imide groups is 2. The standard InChI is InChI=1S/C24H17N3O5S/c1-15-7-10-18(11-8-15)33-21-12-9-16(14-20(21)27(31)32)13-19-22(28)25-24(30)26(23(19)29)17-5-3-2-4-6-17/h2-14H,1H3,(H,25,28,30)/b19-13-. The maximum Gasteiger partial charge on any atom is 0.335 e. The highest BCUT2D eigenvalue weighted by atomic mass is 32.2. The van der Waals surface area contributed by atoms with E-state index < -0.39 is 22.8 Å². The lowest BCUT2D eigenvalue weighted by molar-refractivity contribution is -0.387. The van der Waals surface area contributed by atoms with Gasteiger partial charge in [0.05, 0.1) is 15.5 Å². The molecular weight excluding hydrogens is 442 g/mol. The van der Waals surface area contributed by atoms with Crippen LogP contribution in [0.3, 0.4) is 0 Å². The maximum atomic E-state index is 12.9. The molecule has 164 valence electrons. The molecule has 0 radical (unpaired) electrons. The third-order valence-corrected chi connectivity index (χ3v) is 5.93. The Balaban J connectivity index is 1.68. The van der Waals surface area contributed by atoms with E-state index in [1.807, 2.05) is 31.2 Å². The zero-order valence-electron chi connectivity index (χ0n) is 17.3. The van der Waals surface area contributed by atoms with Gasteiger partial charge in [-0.15, -0.1) is 0 Å². The van der Waals surface area contributed by atoms with Gasteiger partial charge in [-0.3, -0.25) is 25.0 Å². The molecule has 0 saturated carbocycles. The van der Waals surface area contributed by atoms with Crippen molar-refractivity contribution in [2.75, 3.05) is 4.90 Å². The van der Waals surface area contributed by atoms with Crippen LogP contribution in [0.2, 0.25) is 0 Å². The average molecular weight is 459 g/mol. The van der Waals surface area contributed by atoms with Crippen LogP contribution in [0, 0.1) is 17.0 Å². The molecule has 1 aliphatic heterocycles. The SMILES string of the molecule is Cc1ccc(Sc2ccc(/C=C3/C(=O)NC(=O)N(c4ccccc4)C3=O)cc2[N+](=O)[O-])cc1. The number of benzene rings is 3. The number of nitrogens with zero attached hydrogens (tertiary/aromatic N) is 2. The van der Waals surface area contributed by atoms with Crippen molar-refractivity contribution in [1.29, 1.82) is 0 Å². The van der Waals surface area contributed by atoms with E-state index in [0.717, 1.165) is 15.4 Å². The first-order valence-electron chi connectivity index (χ1n) is 9.83. The van der Waals surface area contributed by atoms with Crippen LogP contribution in [-0.4, -0.2) is 22.8 Å². The van der Waals surface area contributed by atoms with Gasteiger partial charge in [-0.1, -0.05) is 53.7 Å². The maximum absolute atomic E-state index is 12.9. The van der Waals surface area contributed by atoms with Gasteiger partial charge in [-0.05, 0) is 48.9 Å². The number of aryl methyl sites for hydroxylation is 1. The molecule has 8 nitrogen and oxygen atoms in total. The van der Waals surface area contributed by atoms with Crippen molar-refractivity contribution in [3.63, 3.8) is 0 Å². The summed E-state index contributed by atoms with van der Waals surface area (Å²) in [6.07, 6.45) is 1.24. The molecule has 1 fully saturated rings. The van der Waals surface area contributed by atoms with E-state index in [1.54, 1.807) is 42.5 Å². The fourth-order valence-corrected chi connectivity index (χ4v) is 4.12. The van der Waals surface area contributed by atoms with E-state index in [4.69, 9.17) is 0 Å². The van der Waals surface area contributed by atoms with Crippen LogP contribution >= 0.6 is 11.8 Å². The Labute approximate surface area is 193 Å². The van der Waals surface area contributed by atoms with Crippen molar-refractivity contribution in [2.24, 2.45) is 0 Å². The zero-order valence-corrected chi connectivity index (χ0v) is 18.2. The van der Waals surface area contributed by atoms with Crippen molar-refractivity contribution in [3.05, 3.63) is 99.6 Å². The van der Waals surface area contributed by atoms with Gasteiger partial charge < -0.3 is 0 Å². The second-order valence-electron chi connectivity index (χ2n) is 7.19. The minimum absolute atomic E-state index is 0.158. The third kappa shape index (κ3) is 4.68. The first-order valence-corrected chi connectivity index (χ1v) is 10.6. The summed E-state index contributed by atoms with van der Waals surface area (Å²) in [5, 5.41) is 13.8. The van der Waals surface area contributed by atoms with Gasteiger partial charge in [0.25, 0.3) is 17.5 Å².